The Bertz CT molecular complexity index is 961. The van der Waals surface area contributed by atoms with E-state index >= 15 is 0 Å². The van der Waals surface area contributed by atoms with Gasteiger partial charge in [-0.3, -0.25) is 9.59 Å². The topological polar surface area (TPSA) is 60.9 Å². The Kier molecular flexibility index (Phi) is 4.46. The van der Waals surface area contributed by atoms with Gasteiger partial charge in [0.05, 0.1) is 12.6 Å². The number of hydrogen-bond acceptors (Lipinski definition) is 3. The van der Waals surface area contributed by atoms with Crippen molar-refractivity contribution in [2.75, 3.05) is 25.1 Å². The van der Waals surface area contributed by atoms with Gasteiger partial charge in [0.1, 0.15) is 11.2 Å². The van der Waals surface area contributed by atoms with Crippen LogP contribution >= 0.6 is 0 Å². The third-order valence-corrected chi connectivity index (χ3v) is 6.14. The molecule has 1 N–H and O–H groups in total. The number of hydrogen-bond donors (Lipinski definition) is 1. The maximum Gasteiger partial charge on any atom is 0.240 e. The molecule has 1 saturated heterocycles. The van der Waals surface area contributed by atoms with E-state index in [1.165, 1.54) is 12.1 Å². The summed E-state index contributed by atoms with van der Waals surface area (Å²) in [6, 6.07) is 11.4. The second-order valence-corrected chi connectivity index (χ2v) is 7.58. The highest BCUT2D eigenvalue weighted by Crippen LogP contribution is 2.55. The van der Waals surface area contributed by atoms with Crippen molar-refractivity contribution in [2.45, 2.75) is 31.2 Å². The smallest absolute Gasteiger partial charge is 0.240 e. The Morgan fingerprint density at radius 1 is 1.21 bits per heavy atom. The van der Waals surface area contributed by atoms with Gasteiger partial charge >= 0.3 is 0 Å². The van der Waals surface area contributed by atoms with Crippen molar-refractivity contribution in [2.24, 2.45) is 0 Å². The number of aliphatic hydroxyl groups is 1. The van der Waals surface area contributed by atoms with Crippen molar-refractivity contribution in [3.63, 3.8) is 0 Å². The van der Waals surface area contributed by atoms with E-state index in [4.69, 9.17) is 0 Å². The minimum atomic E-state index is -0.993. The number of likely N-dealkylation sites (N-methyl/N-ethyl adjacent to an activating group) is 1. The summed E-state index contributed by atoms with van der Waals surface area (Å²) in [6.45, 7) is 1.89. The first-order valence-corrected chi connectivity index (χ1v) is 9.46. The number of aliphatic hydroxyl groups excluding tert-OH is 1. The van der Waals surface area contributed by atoms with Gasteiger partial charge in [0.2, 0.25) is 11.8 Å². The molecule has 2 atom stereocenters. The van der Waals surface area contributed by atoms with Crippen molar-refractivity contribution in [1.82, 2.24) is 4.90 Å². The van der Waals surface area contributed by atoms with Crippen LogP contribution in [0.3, 0.4) is 0 Å². The molecule has 146 valence electrons. The molecule has 2 aliphatic heterocycles. The molecule has 4 rings (SSSR count). The fourth-order valence-corrected chi connectivity index (χ4v) is 4.85. The monoisotopic (exact) mass is 382 g/mol. The van der Waals surface area contributed by atoms with Crippen molar-refractivity contribution >= 4 is 17.5 Å². The predicted molar refractivity (Wildman–Crippen MR) is 103 cm³/mol. The van der Waals surface area contributed by atoms with Gasteiger partial charge in [-0.2, -0.15) is 0 Å². The molecule has 0 aliphatic carbocycles. The molecule has 2 unspecified atom stereocenters. The summed E-state index contributed by atoms with van der Waals surface area (Å²) in [4.78, 5) is 29.5. The van der Waals surface area contributed by atoms with Crippen LogP contribution in [0, 0.1) is 12.7 Å². The molecule has 1 spiro atoms. The summed E-state index contributed by atoms with van der Waals surface area (Å²) >= 11 is 0. The number of benzene rings is 2. The predicted octanol–water partition coefficient (Wildman–Crippen LogP) is 2.70. The van der Waals surface area contributed by atoms with E-state index < -0.39 is 17.3 Å². The molecule has 2 aromatic carbocycles. The standard InChI is InChI=1S/C22H23FN2O3/c1-14-7-8-15(23)13-16(14)20-22(10-9-19(27)24(20)2)17-5-3-4-6-18(17)25(11-12-26)21(22)28/h3-8,13,20,26H,9-12H2,1-2H3. The van der Waals surface area contributed by atoms with Crippen molar-refractivity contribution in [3.8, 4) is 0 Å². The lowest BCUT2D eigenvalue weighted by molar-refractivity contribution is -0.142. The maximum atomic E-state index is 14.2. The highest BCUT2D eigenvalue weighted by atomic mass is 19.1. The Morgan fingerprint density at radius 3 is 2.71 bits per heavy atom. The molecular formula is C22H23FN2O3. The zero-order valence-electron chi connectivity index (χ0n) is 16.0. The van der Waals surface area contributed by atoms with Crippen LogP contribution in [-0.4, -0.2) is 42.0 Å². The van der Waals surface area contributed by atoms with Crippen LogP contribution in [0.15, 0.2) is 42.5 Å². The van der Waals surface area contributed by atoms with E-state index in [0.29, 0.717) is 12.0 Å². The van der Waals surface area contributed by atoms with Gasteiger partial charge in [-0.15, -0.1) is 0 Å². The van der Waals surface area contributed by atoms with Crippen molar-refractivity contribution in [3.05, 3.63) is 65.0 Å². The molecule has 2 amide bonds. The van der Waals surface area contributed by atoms with Gasteiger partial charge < -0.3 is 14.9 Å². The number of β-amino-alcohol motifs (C(OH)–C–C–N with tert-alkyl or cyclic N) is 1. The molecule has 0 aromatic heterocycles. The Labute approximate surface area is 163 Å². The molecule has 0 radical (unpaired) electrons. The van der Waals surface area contributed by atoms with Gasteiger partial charge in [-0.05, 0) is 48.2 Å². The Morgan fingerprint density at radius 2 is 1.96 bits per heavy atom. The third-order valence-electron chi connectivity index (χ3n) is 6.14. The first-order chi connectivity index (χ1) is 13.4. The van der Waals surface area contributed by atoms with Gasteiger partial charge in [0.25, 0.3) is 0 Å². The van der Waals surface area contributed by atoms with E-state index in [9.17, 15) is 19.1 Å². The van der Waals surface area contributed by atoms with Crippen LogP contribution in [0.2, 0.25) is 0 Å². The molecule has 2 heterocycles. The number of carbonyl (C=O) groups is 2. The lowest BCUT2D eigenvalue weighted by Gasteiger charge is -2.46. The third kappa shape index (κ3) is 2.48. The van der Waals surface area contributed by atoms with E-state index in [1.54, 1.807) is 22.9 Å². The minimum Gasteiger partial charge on any atom is -0.395 e. The zero-order chi connectivity index (χ0) is 20.1. The van der Waals surface area contributed by atoms with Crippen LogP contribution in [0.4, 0.5) is 10.1 Å². The number of nitrogens with zero attached hydrogens (tertiary/aromatic N) is 2. The van der Waals surface area contributed by atoms with Crippen LogP contribution in [0.25, 0.3) is 0 Å². The highest BCUT2D eigenvalue weighted by Gasteiger charge is 2.59. The van der Waals surface area contributed by atoms with Crippen LogP contribution in [0.5, 0.6) is 0 Å². The quantitative estimate of drug-likeness (QED) is 0.888. The van der Waals surface area contributed by atoms with Crippen molar-refractivity contribution < 1.29 is 19.1 Å². The number of halogens is 1. The number of piperidine rings is 1. The lowest BCUT2D eigenvalue weighted by atomic mass is 9.66. The highest BCUT2D eigenvalue weighted by molar-refractivity contribution is 6.09. The summed E-state index contributed by atoms with van der Waals surface area (Å²) in [5.74, 6) is -0.603. The lowest BCUT2D eigenvalue weighted by Crippen LogP contribution is -2.55. The molecule has 0 bridgehead atoms. The molecule has 5 nitrogen and oxygen atoms in total. The summed E-state index contributed by atoms with van der Waals surface area (Å²) < 4.78 is 14.2. The number of aryl methyl sites for hydroxylation is 1. The van der Waals surface area contributed by atoms with E-state index in [-0.39, 0.29) is 31.4 Å². The minimum absolute atomic E-state index is 0.0647. The number of carbonyl (C=O) groups excluding carboxylic acids is 2. The molecule has 1 fully saturated rings. The molecule has 6 heteroatoms. The van der Waals surface area contributed by atoms with E-state index in [2.05, 4.69) is 0 Å². The average molecular weight is 382 g/mol. The number of para-hydroxylation sites is 1. The fourth-order valence-electron chi connectivity index (χ4n) is 4.85. The fraction of sp³-hybridized carbons (Fsp3) is 0.364. The number of likely N-dealkylation sites (tertiary alicyclic amines) is 1. The zero-order valence-corrected chi connectivity index (χ0v) is 16.0. The molecule has 28 heavy (non-hydrogen) atoms. The summed E-state index contributed by atoms with van der Waals surface area (Å²) in [6.07, 6.45) is 0.600. The Hall–Kier alpha value is -2.73. The average Bonchev–Trinajstić information content (AvgIpc) is 2.91. The van der Waals surface area contributed by atoms with Crippen molar-refractivity contribution in [1.29, 1.82) is 0 Å². The number of fused-ring (bicyclic) bond motifs is 2. The Balaban J connectivity index is 1.99. The first kappa shape index (κ1) is 18.6. The summed E-state index contributed by atoms with van der Waals surface area (Å²) in [7, 11) is 1.68. The van der Waals surface area contributed by atoms with E-state index in [0.717, 1.165) is 16.8 Å². The second-order valence-electron chi connectivity index (χ2n) is 7.58. The summed E-state index contributed by atoms with van der Waals surface area (Å²) in [5.41, 5.74) is 2.07. The van der Waals surface area contributed by atoms with Gasteiger partial charge in [0.15, 0.2) is 0 Å². The van der Waals surface area contributed by atoms with E-state index in [1.807, 2.05) is 31.2 Å². The van der Waals surface area contributed by atoms with Crippen LogP contribution < -0.4 is 4.90 Å². The van der Waals surface area contributed by atoms with Gasteiger partial charge in [-0.1, -0.05) is 24.3 Å². The molecule has 2 aliphatic rings. The van der Waals surface area contributed by atoms with Gasteiger partial charge in [-0.25, -0.2) is 4.39 Å². The second kappa shape index (κ2) is 6.71. The molecule has 2 aromatic rings. The molecular weight excluding hydrogens is 359 g/mol. The normalized spacial score (nSPS) is 24.2. The number of rotatable bonds is 3. The number of amides is 2. The summed E-state index contributed by atoms with van der Waals surface area (Å²) in [5, 5.41) is 9.51. The largest absolute Gasteiger partial charge is 0.395 e. The van der Waals surface area contributed by atoms with Crippen LogP contribution in [0.1, 0.15) is 35.6 Å². The molecule has 0 saturated carbocycles. The number of anilines is 1. The first-order valence-electron chi connectivity index (χ1n) is 9.46. The van der Waals surface area contributed by atoms with Gasteiger partial charge in [0, 0.05) is 25.7 Å². The SMILES string of the molecule is Cc1ccc(F)cc1C1N(C)C(=O)CCC12C(=O)N(CCO)c1ccccc12. The van der Waals surface area contributed by atoms with Crippen LogP contribution in [-0.2, 0) is 15.0 Å². The maximum absolute atomic E-state index is 14.2.